The van der Waals surface area contributed by atoms with Crippen LogP contribution in [0, 0.1) is 0 Å². The largest absolute Gasteiger partial charge is 0.403 e. The zero-order valence-electron chi connectivity index (χ0n) is 22.6. The first-order valence-electron chi connectivity index (χ1n) is 14.1. The van der Waals surface area contributed by atoms with E-state index in [4.69, 9.17) is 14.1 Å². The third-order valence-electron chi connectivity index (χ3n) is 7.71. The number of fused-ring (bicyclic) bond motifs is 1. The summed E-state index contributed by atoms with van der Waals surface area (Å²) in [6.45, 7) is 5.05. The minimum atomic E-state index is -0.970. The molecule has 10 heteroatoms. The number of carbonyl (C=O) groups is 1. The van der Waals surface area contributed by atoms with Crippen LogP contribution in [0.1, 0.15) is 24.0 Å². The van der Waals surface area contributed by atoms with E-state index in [0.717, 1.165) is 48.6 Å². The number of anilines is 4. The Bertz CT molecular complexity index is 1570. The summed E-state index contributed by atoms with van der Waals surface area (Å²) in [5.41, 5.74) is 6.23. The number of aliphatic imine (C=N–C) groups is 1. The summed E-state index contributed by atoms with van der Waals surface area (Å²) in [4.78, 5) is 22.8. The monoisotopic (exact) mass is 549 g/mol. The summed E-state index contributed by atoms with van der Waals surface area (Å²) in [5, 5.41) is 14.7. The Balaban J connectivity index is 1.21. The molecule has 0 unspecified atom stereocenters. The van der Waals surface area contributed by atoms with Crippen molar-refractivity contribution >= 4 is 34.7 Å². The molecule has 7 rings (SSSR count). The first-order valence-corrected chi connectivity index (χ1v) is 14.1. The average Bonchev–Trinajstić information content (AvgIpc) is 3.71. The zero-order chi connectivity index (χ0) is 27.6. The number of rotatable bonds is 6. The van der Waals surface area contributed by atoms with E-state index in [0.29, 0.717) is 30.5 Å². The molecule has 0 radical (unpaired) electrons. The zero-order valence-corrected chi connectivity index (χ0v) is 22.6. The molecule has 0 spiro atoms. The number of carbonyl (C=O) groups excluding carboxylic acids is 1. The topological polar surface area (TPSA) is 108 Å². The molecule has 10 nitrogen and oxygen atoms in total. The Labute approximate surface area is 238 Å². The fourth-order valence-electron chi connectivity index (χ4n) is 5.63. The molecule has 2 saturated heterocycles. The number of morpholine rings is 1. The van der Waals surface area contributed by atoms with Crippen LogP contribution in [-0.4, -0.2) is 67.4 Å². The molecule has 3 aliphatic heterocycles. The molecule has 2 N–H and O–H groups in total. The van der Waals surface area contributed by atoms with Gasteiger partial charge in [-0.2, -0.15) is 0 Å². The summed E-state index contributed by atoms with van der Waals surface area (Å²) in [5.74, 6) is 0.0682. The van der Waals surface area contributed by atoms with E-state index < -0.39 is 6.17 Å². The Morgan fingerprint density at radius 3 is 2.44 bits per heavy atom. The lowest BCUT2D eigenvalue weighted by molar-refractivity contribution is -0.116. The predicted molar refractivity (Wildman–Crippen MR) is 159 cm³/mol. The molecule has 1 atom stereocenters. The lowest BCUT2D eigenvalue weighted by atomic mass is 10.0. The van der Waals surface area contributed by atoms with Crippen molar-refractivity contribution in [3.05, 3.63) is 83.9 Å². The number of ether oxygens (including phenoxy) is 1. The third kappa shape index (κ3) is 5.14. The second-order valence-electron chi connectivity index (χ2n) is 10.3. The van der Waals surface area contributed by atoms with Gasteiger partial charge in [0.2, 0.25) is 6.17 Å². The number of aromatic nitrogens is 2. The Morgan fingerprint density at radius 1 is 0.829 bits per heavy atom. The highest BCUT2D eigenvalue weighted by molar-refractivity contribution is 6.19. The van der Waals surface area contributed by atoms with E-state index in [9.17, 15) is 4.79 Å². The molecule has 3 aliphatic rings. The number of benzodiazepines with no additional fused rings is 1. The highest BCUT2D eigenvalue weighted by Crippen LogP contribution is 2.36. The molecule has 1 aromatic heterocycles. The minimum absolute atomic E-state index is 0.124. The van der Waals surface area contributed by atoms with Gasteiger partial charge in [0.15, 0.2) is 0 Å². The summed E-state index contributed by atoms with van der Waals surface area (Å²) in [7, 11) is 0. The first-order chi connectivity index (χ1) is 20.2. The van der Waals surface area contributed by atoms with Crippen LogP contribution in [-0.2, 0) is 9.53 Å². The van der Waals surface area contributed by atoms with E-state index in [-0.39, 0.29) is 11.9 Å². The van der Waals surface area contributed by atoms with Crippen LogP contribution in [0.25, 0.3) is 11.5 Å². The van der Waals surface area contributed by atoms with Crippen molar-refractivity contribution in [2.75, 3.05) is 59.8 Å². The highest BCUT2D eigenvalue weighted by Gasteiger charge is 2.28. The standard InChI is InChI=1S/C31H31N7O3/c39-29-28(33-27(21-8-2-1-3-9-21)23-10-4-5-11-25(23)32-29)34-31-36-35-30(41-31)24-13-12-22(37-14-6-7-15-37)20-26(24)38-16-18-40-19-17-38/h1-5,8-13,20,28H,6-7,14-19H2,(H,32,39)(H,34,36)/t28-/m1/s1. The maximum Gasteiger partial charge on any atom is 0.317 e. The smallest absolute Gasteiger partial charge is 0.317 e. The van der Waals surface area contributed by atoms with E-state index in [1.54, 1.807) is 0 Å². The highest BCUT2D eigenvalue weighted by atomic mass is 16.5. The van der Waals surface area contributed by atoms with Crippen molar-refractivity contribution in [2.45, 2.75) is 19.0 Å². The van der Waals surface area contributed by atoms with Gasteiger partial charge < -0.3 is 29.6 Å². The summed E-state index contributed by atoms with van der Waals surface area (Å²) < 4.78 is 11.7. The molecule has 1 amide bonds. The van der Waals surface area contributed by atoms with Crippen molar-refractivity contribution in [1.82, 2.24) is 10.2 Å². The second kappa shape index (κ2) is 11.1. The number of nitrogens with zero attached hydrogens (tertiary/aromatic N) is 5. The number of benzene rings is 3. The predicted octanol–water partition coefficient (Wildman–Crippen LogP) is 4.40. The Morgan fingerprint density at radius 2 is 1.61 bits per heavy atom. The van der Waals surface area contributed by atoms with Crippen LogP contribution >= 0.6 is 0 Å². The quantitative estimate of drug-likeness (QED) is 0.364. The molecular formula is C31H31N7O3. The van der Waals surface area contributed by atoms with Gasteiger partial charge in [-0.15, -0.1) is 5.10 Å². The van der Waals surface area contributed by atoms with E-state index in [2.05, 4.69) is 48.8 Å². The second-order valence-corrected chi connectivity index (χ2v) is 10.3. The van der Waals surface area contributed by atoms with Crippen LogP contribution in [0.5, 0.6) is 0 Å². The fraction of sp³-hybridized carbons (Fsp3) is 0.290. The van der Waals surface area contributed by atoms with Gasteiger partial charge in [-0.1, -0.05) is 53.6 Å². The van der Waals surface area contributed by atoms with Gasteiger partial charge in [-0.3, -0.25) is 4.79 Å². The minimum Gasteiger partial charge on any atom is -0.403 e. The summed E-state index contributed by atoms with van der Waals surface area (Å²) in [6, 6.07) is 24.0. The van der Waals surface area contributed by atoms with Gasteiger partial charge in [0.1, 0.15) is 0 Å². The molecule has 0 bridgehead atoms. The molecule has 4 aromatic rings. The van der Waals surface area contributed by atoms with Gasteiger partial charge in [0.05, 0.1) is 35.9 Å². The van der Waals surface area contributed by atoms with Gasteiger partial charge in [-0.25, -0.2) is 4.99 Å². The van der Waals surface area contributed by atoms with Crippen LogP contribution in [0.15, 0.2) is 82.2 Å². The van der Waals surface area contributed by atoms with Gasteiger partial charge in [-0.05, 0) is 37.1 Å². The lowest BCUT2D eigenvalue weighted by Crippen LogP contribution is -2.36. The lowest BCUT2D eigenvalue weighted by Gasteiger charge is -2.31. The molecule has 0 aliphatic carbocycles. The van der Waals surface area contributed by atoms with Crippen molar-refractivity contribution in [2.24, 2.45) is 4.99 Å². The van der Waals surface area contributed by atoms with Crippen molar-refractivity contribution in [1.29, 1.82) is 0 Å². The maximum atomic E-state index is 13.3. The molecule has 2 fully saturated rings. The van der Waals surface area contributed by atoms with Crippen molar-refractivity contribution < 1.29 is 13.9 Å². The molecule has 3 aromatic carbocycles. The van der Waals surface area contributed by atoms with E-state index >= 15 is 0 Å². The van der Waals surface area contributed by atoms with Gasteiger partial charge in [0.25, 0.3) is 11.8 Å². The maximum absolute atomic E-state index is 13.3. The number of nitrogens with one attached hydrogen (secondary N) is 2. The van der Waals surface area contributed by atoms with Crippen LogP contribution in [0.4, 0.5) is 23.1 Å². The first kappa shape index (κ1) is 25.3. The van der Waals surface area contributed by atoms with E-state index in [1.807, 2.05) is 54.6 Å². The van der Waals surface area contributed by atoms with Crippen LogP contribution < -0.4 is 20.4 Å². The molecule has 4 heterocycles. The number of amides is 1. The Hall–Kier alpha value is -4.70. The summed E-state index contributed by atoms with van der Waals surface area (Å²) >= 11 is 0. The van der Waals surface area contributed by atoms with Crippen LogP contribution in [0.2, 0.25) is 0 Å². The van der Waals surface area contributed by atoms with Crippen molar-refractivity contribution in [3.8, 4) is 11.5 Å². The molecular weight excluding hydrogens is 518 g/mol. The molecule has 0 saturated carbocycles. The SMILES string of the molecule is O=C1Nc2ccccc2C(c2ccccc2)=N[C@@H]1Nc1nnc(-c2ccc(N3CCCC3)cc2N2CCOCC2)o1. The third-order valence-corrected chi connectivity index (χ3v) is 7.71. The Kier molecular flexibility index (Phi) is 6.81. The average molecular weight is 550 g/mol. The normalized spacial score (nSPS) is 18.9. The van der Waals surface area contributed by atoms with Gasteiger partial charge >= 0.3 is 6.01 Å². The summed E-state index contributed by atoms with van der Waals surface area (Å²) in [6.07, 6.45) is 1.45. The van der Waals surface area contributed by atoms with Crippen molar-refractivity contribution in [3.63, 3.8) is 0 Å². The fourth-order valence-corrected chi connectivity index (χ4v) is 5.63. The molecule has 41 heavy (non-hydrogen) atoms. The van der Waals surface area contributed by atoms with Crippen LogP contribution in [0.3, 0.4) is 0 Å². The molecule has 208 valence electrons. The number of hydrogen-bond donors (Lipinski definition) is 2. The van der Waals surface area contributed by atoms with E-state index in [1.165, 1.54) is 18.5 Å². The number of para-hydroxylation sites is 1. The number of hydrogen-bond acceptors (Lipinski definition) is 9. The van der Waals surface area contributed by atoms with Gasteiger partial charge in [0, 0.05) is 43.0 Å².